The fraction of sp³-hybridized carbons (Fsp3) is 0.500. The van der Waals surface area contributed by atoms with E-state index in [0.717, 1.165) is 5.56 Å². The molecule has 0 heterocycles. The van der Waals surface area contributed by atoms with Crippen molar-refractivity contribution in [1.82, 2.24) is 0 Å². The van der Waals surface area contributed by atoms with Crippen LogP contribution in [0.2, 0.25) is 0 Å². The first-order valence-corrected chi connectivity index (χ1v) is 6.96. The van der Waals surface area contributed by atoms with Gasteiger partial charge in [-0.1, -0.05) is 38.3 Å². The quantitative estimate of drug-likeness (QED) is 0.392. The van der Waals surface area contributed by atoms with Crippen molar-refractivity contribution in [3.05, 3.63) is 29.8 Å². The predicted octanol–water partition coefficient (Wildman–Crippen LogP) is 4.56. The van der Waals surface area contributed by atoms with E-state index in [1.807, 2.05) is 36.0 Å². The summed E-state index contributed by atoms with van der Waals surface area (Å²) in [4.78, 5) is 12.3. The van der Waals surface area contributed by atoms with Gasteiger partial charge in [-0.05, 0) is 31.2 Å². The number of unbranched alkanes of at least 4 members (excludes halogenated alkanes) is 3. The second-order valence-corrected chi connectivity index (χ2v) is 5.16. The average molecular weight is 236 g/mol. The minimum absolute atomic E-state index is 0.138. The van der Waals surface area contributed by atoms with Crippen LogP contribution in [0.3, 0.4) is 0 Å². The zero-order valence-corrected chi connectivity index (χ0v) is 11.0. The topological polar surface area (TPSA) is 17.1 Å². The van der Waals surface area contributed by atoms with E-state index in [0.29, 0.717) is 0 Å². The molecule has 0 saturated heterocycles. The van der Waals surface area contributed by atoms with Gasteiger partial charge < -0.3 is 0 Å². The van der Waals surface area contributed by atoms with E-state index in [1.165, 1.54) is 36.3 Å². The van der Waals surface area contributed by atoms with Crippen LogP contribution in [0.25, 0.3) is 0 Å². The summed E-state index contributed by atoms with van der Waals surface area (Å²) in [6.07, 6.45) is 5.24. The molecule has 1 rings (SSSR count). The van der Waals surface area contributed by atoms with Gasteiger partial charge in [0.25, 0.3) is 0 Å². The molecule has 0 spiro atoms. The van der Waals surface area contributed by atoms with Gasteiger partial charge in [0.2, 0.25) is 0 Å². The molecule has 0 aromatic heterocycles. The number of hydrogen-bond donors (Lipinski definition) is 0. The van der Waals surface area contributed by atoms with E-state index >= 15 is 0 Å². The standard InChI is InChI=1S/C14H20OS/c1-3-4-5-6-11-16-14-9-7-13(8-10-14)12(2)15/h7-10H,3-6,11H2,1-2H3. The van der Waals surface area contributed by atoms with Gasteiger partial charge in [-0.3, -0.25) is 4.79 Å². The van der Waals surface area contributed by atoms with Crippen molar-refractivity contribution in [3.63, 3.8) is 0 Å². The third-order valence-electron chi connectivity index (χ3n) is 2.53. The SMILES string of the molecule is CCCCCCSc1ccc(C(C)=O)cc1. The summed E-state index contributed by atoms with van der Waals surface area (Å²) in [6, 6.07) is 7.91. The van der Waals surface area contributed by atoms with Crippen molar-refractivity contribution in [2.75, 3.05) is 5.75 Å². The van der Waals surface area contributed by atoms with Crippen molar-refractivity contribution in [3.8, 4) is 0 Å². The summed E-state index contributed by atoms with van der Waals surface area (Å²) in [5.41, 5.74) is 0.801. The highest BCUT2D eigenvalue weighted by atomic mass is 32.2. The highest BCUT2D eigenvalue weighted by Gasteiger charge is 1.99. The summed E-state index contributed by atoms with van der Waals surface area (Å²) < 4.78 is 0. The molecule has 1 nitrogen and oxygen atoms in total. The van der Waals surface area contributed by atoms with Crippen molar-refractivity contribution in [2.45, 2.75) is 44.4 Å². The molecule has 0 fully saturated rings. The fourth-order valence-corrected chi connectivity index (χ4v) is 2.42. The molecule has 0 amide bonds. The molecule has 0 radical (unpaired) electrons. The zero-order chi connectivity index (χ0) is 11.8. The van der Waals surface area contributed by atoms with Crippen LogP contribution in [-0.2, 0) is 0 Å². The lowest BCUT2D eigenvalue weighted by atomic mass is 10.2. The second-order valence-electron chi connectivity index (χ2n) is 3.99. The third kappa shape index (κ3) is 4.84. The lowest BCUT2D eigenvalue weighted by molar-refractivity contribution is 0.101. The van der Waals surface area contributed by atoms with Gasteiger partial charge in [0.1, 0.15) is 0 Å². The Kier molecular flexibility index (Phi) is 6.24. The average Bonchev–Trinajstić information content (AvgIpc) is 2.29. The van der Waals surface area contributed by atoms with E-state index in [-0.39, 0.29) is 5.78 Å². The van der Waals surface area contributed by atoms with Crippen molar-refractivity contribution in [1.29, 1.82) is 0 Å². The number of ketones is 1. The van der Waals surface area contributed by atoms with E-state index in [4.69, 9.17) is 0 Å². The Bertz CT molecular complexity index is 316. The van der Waals surface area contributed by atoms with Crippen LogP contribution in [0.5, 0.6) is 0 Å². The number of thioether (sulfide) groups is 1. The van der Waals surface area contributed by atoms with E-state index in [1.54, 1.807) is 6.92 Å². The maximum Gasteiger partial charge on any atom is 0.159 e. The highest BCUT2D eigenvalue weighted by Crippen LogP contribution is 2.20. The molecule has 0 unspecified atom stereocenters. The number of carbonyl (C=O) groups is 1. The van der Waals surface area contributed by atoms with Gasteiger partial charge >= 0.3 is 0 Å². The predicted molar refractivity (Wildman–Crippen MR) is 71.3 cm³/mol. The van der Waals surface area contributed by atoms with Crippen molar-refractivity contribution < 1.29 is 4.79 Å². The monoisotopic (exact) mass is 236 g/mol. The van der Waals surface area contributed by atoms with Gasteiger partial charge in [0.05, 0.1) is 0 Å². The maximum atomic E-state index is 11.1. The molecule has 2 heteroatoms. The van der Waals surface area contributed by atoms with Gasteiger partial charge in [0, 0.05) is 10.5 Å². The third-order valence-corrected chi connectivity index (χ3v) is 3.63. The zero-order valence-electron chi connectivity index (χ0n) is 10.2. The van der Waals surface area contributed by atoms with Gasteiger partial charge in [-0.25, -0.2) is 0 Å². The van der Waals surface area contributed by atoms with Crippen LogP contribution >= 0.6 is 11.8 Å². The van der Waals surface area contributed by atoms with E-state index in [2.05, 4.69) is 6.92 Å². The first kappa shape index (κ1) is 13.3. The summed E-state index contributed by atoms with van der Waals surface area (Å²) in [5, 5.41) is 0. The van der Waals surface area contributed by atoms with Crippen molar-refractivity contribution in [2.24, 2.45) is 0 Å². The van der Waals surface area contributed by atoms with Gasteiger partial charge in [-0.2, -0.15) is 0 Å². The van der Waals surface area contributed by atoms with Crippen LogP contribution in [0.4, 0.5) is 0 Å². The minimum Gasteiger partial charge on any atom is -0.295 e. The molecule has 0 saturated carbocycles. The smallest absolute Gasteiger partial charge is 0.159 e. The number of hydrogen-bond acceptors (Lipinski definition) is 2. The Morgan fingerprint density at radius 3 is 2.38 bits per heavy atom. The molecular formula is C14H20OS. The van der Waals surface area contributed by atoms with Crippen LogP contribution < -0.4 is 0 Å². The molecule has 0 aliphatic carbocycles. The molecule has 0 aliphatic rings. The van der Waals surface area contributed by atoms with Crippen LogP contribution in [-0.4, -0.2) is 11.5 Å². The minimum atomic E-state index is 0.138. The summed E-state index contributed by atoms with van der Waals surface area (Å²) in [7, 11) is 0. The molecule has 0 bridgehead atoms. The fourth-order valence-electron chi connectivity index (χ4n) is 1.50. The molecule has 1 aromatic rings. The van der Waals surface area contributed by atoms with Crippen LogP contribution in [0.15, 0.2) is 29.2 Å². The lowest BCUT2D eigenvalue weighted by Crippen LogP contribution is -1.90. The molecule has 16 heavy (non-hydrogen) atoms. The Morgan fingerprint density at radius 2 is 1.81 bits per heavy atom. The number of benzene rings is 1. The van der Waals surface area contributed by atoms with Crippen LogP contribution in [0, 0.1) is 0 Å². The largest absolute Gasteiger partial charge is 0.295 e. The molecule has 0 aliphatic heterocycles. The number of Topliss-reactive ketones (excluding diaryl/α,β-unsaturated/α-hetero) is 1. The molecule has 1 aromatic carbocycles. The number of carbonyl (C=O) groups excluding carboxylic acids is 1. The van der Waals surface area contributed by atoms with Crippen molar-refractivity contribution >= 4 is 17.5 Å². The Labute approximate surface area is 103 Å². The summed E-state index contributed by atoms with van der Waals surface area (Å²) >= 11 is 1.88. The van der Waals surface area contributed by atoms with Gasteiger partial charge in [-0.15, -0.1) is 11.8 Å². The first-order valence-electron chi connectivity index (χ1n) is 5.98. The van der Waals surface area contributed by atoms with E-state index in [9.17, 15) is 4.79 Å². The molecule has 88 valence electrons. The summed E-state index contributed by atoms with van der Waals surface area (Å²) in [6.45, 7) is 3.83. The van der Waals surface area contributed by atoms with E-state index < -0.39 is 0 Å². The normalized spacial score (nSPS) is 10.4. The Morgan fingerprint density at radius 1 is 1.12 bits per heavy atom. The molecule has 0 N–H and O–H groups in total. The molecule has 0 atom stereocenters. The lowest BCUT2D eigenvalue weighted by Gasteiger charge is -2.02. The highest BCUT2D eigenvalue weighted by molar-refractivity contribution is 7.99. The second kappa shape index (κ2) is 7.50. The Hall–Kier alpha value is -0.760. The molecular weight excluding hydrogens is 216 g/mol. The number of rotatable bonds is 7. The van der Waals surface area contributed by atoms with Crippen LogP contribution in [0.1, 0.15) is 49.9 Å². The Balaban J connectivity index is 2.29. The van der Waals surface area contributed by atoms with Gasteiger partial charge in [0.15, 0.2) is 5.78 Å². The first-order chi connectivity index (χ1) is 7.74. The summed E-state index contributed by atoms with van der Waals surface area (Å²) in [5.74, 6) is 1.32. The maximum absolute atomic E-state index is 11.1.